The van der Waals surface area contributed by atoms with E-state index in [9.17, 15) is 0 Å². The van der Waals surface area contributed by atoms with Gasteiger partial charge in [-0.3, -0.25) is 0 Å². The van der Waals surface area contributed by atoms with E-state index in [2.05, 4.69) is 201 Å². The molecule has 0 saturated carbocycles. The summed E-state index contributed by atoms with van der Waals surface area (Å²) in [6.07, 6.45) is 0. The highest BCUT2D eigenvalue weighted by molar-refractivity contribution is 6.15. The third-order valence-electron chi connectivity index (χ3n) is 10.1. The van der Waals surface area contributed by atoms with Crippen LogP contribution in [-0.2, 0) is 5.41 Å². The van der Waals surface area contributed by atoms with Gasteiger partial charge in [0.25, 0.3) is 0 Å². The molecule has 0 saturated heterocycles. The Kier molecular flexibility index (Phi) is 7.07. The van der Waals surface area contributed by atoms with E-state index in [1.165, 1.54) is 60.1 Å². The molecule has 0 spiro atoms. The fourth-order valence-electron chi connectivity index (χ4n) is 7.75. The predicted molar refractivity (Wildman–Crippen MR) is 215 cm³/mol. The van der Waals surface area contributed by atoms with Crippen molar-refractivity contribution in [1.82, 2.24) is 4.98 Å². The van der Waals surface area contributed by atoms with Gasteiger partial charge >= 0.3 is 0 Å². The third kappa shape index (κ3) is 5.04. The van der Waals surface area contributed by atoms with Gasteiger partial charge in [-0.15, -0.1) is 0 Å². The molecule has 2 nitrogen and oxygen atoms in total. The normalized spacial score (nSPS) is 11.9. The fourth-order valence-corrected chi connectivity index (χ4v) is 7.75. The SMILES string of the molecule is CC(C)(C)c1ccc2cc3ccccc3cc2c1-c1ccc(N(c2ccccc2)c2ccccc2-c2cccc3[nH]c4ccccc4c23)cc1. The molecule has 0 radical (unpaired) electrons. The molecule has 0 aliphatic carbocycles. The van der Waals surface area contributed by atoms with Gasteiger partial charge in [-0.1, -0.05) is 136 Å². The maximum atomic E-state index is 3.65. The molecule has 0 unspecified atom stereocenters. The van der Waals surface area contributed by atoms with E-state index in [0.29, 0.717) is 0 Å². The number of hydrogen-bond donors (Lipinski definition) is 1. The summed E-state index contributed by atoms with van der Waals surface area (Å²) in [7, 11) is 0. The Morgan fingerprint density at radius 3 is 1.90 bits per heavy atom. The van der Waals surface area contributed by atoms with Gasteiger partial charge < -0.3 is 9.88 Å². The van der Waals surface area contributed by atoms with Gasteiger partial charge in [-0.25, -0.2) is 0 Å². The van der Waals surface area contributed by atoms with E-state index < -0.39 is 0 Å². The molecule has 0 amide bonds. The highest BCUT2D eigenvalue weighted by Gasteiger charge is 2.23. The Bertz CT molecular complexity index is 2670. The summed E-state index contributed by atoms with van der Waals surface area (Å²) in [5.41, 5.74) is 11.9. The number of hydrogen-bond acceptors (Lipinski definition) is 1. The second kappa shape index (κ2) is 11.8. The number of benzene rings is 8. The molecule has 240 valence electrons. The lowest BCUT2D eigenvalue weighted by Gasteiger charge is -2.29. The van der Waals surface area contributed by atoms with Crippen LogP contribution in [-0.4, -0.2) is 4.98 Å². The van der Waals surface area contributed by atoms with Gasteiger partial charge in [0, 0.05) is 38.7 Å². The zero-order chi connectivity index (χ0) is 33.8. The van der Waals surface area contributed by atoms with Crippen LogP contribution in [0.25, 0.3) is 65.6 Å². The van der Waals surface area contributed by atoms with Crippen LogP contribution < -0.4 is 4.90 Å². The Morgan fingerprint density at radius 1 is 0.460 bits per heavy atom. The van der Waals surface area contributed by atoms with E-state index in [0.717, 1.165) is 28.1 Å². The van der Waals surface area contributed by atoms with Crippen molar-refractivity contribution >= 4 is 60.4 Å². The molecule has 9 aromatic rings. The Labute approximate surface area is 293 Å². The molecule has 0 atom stereocenters. The average molecular weight is 643 g/mol. The maximum absolute atomic E-state index is 3.65. The zero-order valence-corrected chi connectivity index (χ0v) is 28.6. The number of nitrogens with zero attached hydrogens (tertiary/aromatic N) is 1. The van der Waals surface area contributed by atoms with Gasteiger partial charge in [0.05, 0.1) is 5.69 Å². The molecular weight excluding hydrogens is 605 g/mol. The molecule has 50 heavy (non-hydrogen) atoms. The molecule has 9 rings (SSSR count). The lowest BCUT2D eigenvalue weighted by molar-refractivity contribution is 0.593. The number of nitrogens with one attached hydrogen (secondary N) is 1. The first-order valence-corrected chi connectivity index (χ1v) is 17.4. The van der Waals surface area contributed by atoms with Crippen molar-refractivity contribution in [2.75, 3.05) is 4.90 Å². The van der Waals surface area contributed by atoms with Gasteiger partial charge in [0.15, 0.2) is 0 Å². The second-order valence-corrected chi connectivity index (χ2v) is 14.3. The highest BCUT2D eigenvalue weighted by Crippen LogP contribution is 2.45. The third-order valence-corrected chi connectivity index (χ3v) is 10.1. The van der Waals surface area contributed by atoms with Crippen molar-refractivity contribution < 1.29 is 0 Å². The molecule has 1 aromatic heterocycles. The quantitative estimate of drug-likeness (QED) is 0.185. The first kappa shape index (κ1) is 30.0. The lowest BCUT2D eigenvalue weighted by Crippen LogP contribution is -2.13. The van der Waals surface area contributed by atoms with Crippen molar-refractivity contribution in [2.45, 2.75) is 26.2 Å². The summed E-state index contributed by atoms with van der Waals surface area (Å²) in [6.45, 7) is 6.94. The summed E-state index contributed by atoms with van der Waals surface area (Å²) < 4.78 is 0. The number of aromatic nitrogens is 1. The number of H-pyrrole nitrogens is 1. The van der Waals surface area contributed by atoms with Crippen LogP contribution in [0.5, 0.6) is 0 Å². The molecule has 1 N–H and O–H groups in total. The summed E-state index contributed by atoms with van der Waals surface area (Å²) in [5, 5.41) is 7.58. The van der Waals surface area contributed by atoms with Crippen molar-refractivity contribution in [3.8, 4) is 22.3 Å². The van der Waals surface area contributed by atoms with E-state index in [1.807, 2.05) is 0 Å². The number of para-hydroxylation sites is 3. The van der Waals surface area contributed by atoms with Gasteiger partial charge in [0.1, 0.15) is 0 Å². The Balaban J connectivity index is 1.23. The number of aromatic amines is 1. The van der Waals surface area contributed by atoms with Gasteiger partial charge in [-0.05, 0) is 104 Å². The summed E-state index contributed by atoms with van der Waals surface area (Å²) in [5.74, 6) is 0. The van der Waals surface area contributed by atoms with Crippen molar-refractivity contribution in [3.05, 3.63) is 175 Å². The standard InChI is InChI=1S/C48H38N2/c1-48(2,3)42-29-26-35-30-33-14-7-8-15-34(33)31-41(35)46(42)32-24-27-37(28-25-32)50(36-16-5-4-6-17-36)45-23-12-10-18-38(45)39-20-13-22-44-47(39)40-19-9-11-21-43(40)49-44/h4-31,49H,1-3H3. The molecule has 0 bridgehead atoms. The number of anilines is 3. The summed E-state index contributed by atoms with van der Waals surface area (Å²) in [4.78, 5) is 6.04. The fraction of sp³-hybridized carbons (Fsp3) is 0.0833. The minimum absolute atomic E-state index is 0.0216. The highest BCUT2D eigenvalue weighted by atomic mass is 15.1. The Hall–Kier alpha value is -6.12. The predicted octanol–water partition coefficient (Wildman–Crippen LogP) is 13.7. The maximum Gasteiger partial charge on any atom is 0.0540 e. The van der Waals surface area contributed by atoms with Crippen LogP contribution in [0.1, 0.15) is 26.3 Å². The minimum Gasteiger partial charge on any atom is -0.354 e. The van der Waals surface area contributed by atoms with Gasteiger partial charge in [-0.2, -0.15) is 0 Å². The van der Waals surface area contributed by atoms with E-state index in [-0.39, 0.29) is 5.41 Å². The molecule has 0 aliphatic heterocycles. The molecular formula is C48H38N2. The molecule has 1 heterocycles. The first-order chi connectivity index (χ1) is 24.4. The van der Waals surface area contributed by atoms with E-state index >= 15 is 0 Å². The largest absolute Gasteiger partial charge is 0.354 e. The summed E-state index contributed by atoms with van der Waals surface area (Å²) in [6, 6.07) is 61.9. The van der Waals surface area contributed by atoms with Crippen molar-refractivity contribution in [1.29, 1.82) is 0 Å². The smallest absolute Gasteiger partial charge is 0.0540 e. The Morgan fingerprint density at radius 2 is 1.10 bits per heavy atom. The van der Waals surface area contributed by atoms with Crippen LogP contribution in [0.15, 0.2) is 170 Å². The van der Waals surface area contributed by atoms with Crippen LogP contribution in [0.2, 0.25) is 0 Å². The number of rotatable bonds is 5. The van der Waals surface area contributed by atoms with Crippen LogP contribution >= 0.6 is 0 Å². The van der Waals surface area contributed by atoms with E-state index in [1.54, 1.807) is 0 Å². The van der Waals surface area contributed by atoms with Crippen molar-refractivity contribution in [3.63, 3.8) is 0 Å². The average Bonchev–Trinajstić information content (AvgIpc) is 3.53. The lowest BCUT2D eigenvalue weighted by atomic mass is 9.79. The van der Waals surface area contributed by atoms with Gasteiger partial charge in [0.2, 0.25) is 0 Å². The first-order valence-electron chi connectivity index (χ1n) is 17.4. The van der Waals surface area contributed by atoms with Crippen LogP contribution in [0.4, 0.5) is 17.1 Å². The molecule has 0 aliphatic rings. The topological polar surface area (TPSA) is 19.0 Å². The van der Waals surface area contributed by atoms with Crippen LogP contribution in [0, 0.1) is 0 Å². The second-order valence-electron chi connectivity index (χ2n) is 14.3. The van der Waals surface area contributed by atoms with E-state index in [4.69, 9.17) is 0 Å². The monoisotopic (exact) mass is 642 g/mol. The minimum atomic E-state index is -0.0216. The molecule has 2 heteroatoms. The summed E-state index contributed by atoms with van der Waals surface area (Å²) >= 11 is 0. The van der Waals surface area contributed by atoms with Crippen LogP contribution in [0.3, 0.4) is 0 Å². The zero-order valence-electron chi connectivity index (χ0n) is 28.6. The molecule has 0 fully saturated rings. The number of fused-ring (bicyclic) bond motifs is 5. The van der Waals surface area contributed by atoms with Crippen molar-refractivity contribution in [2.24, 2.45) is 0 Å². The molecule has 8 aromatic carbocycles.